The Morgan fingerprint density at radius 3 is 1.89 bits per heavy atom. The molecule has 2 aromatic heterocycles. The first kappa shape index (κ1) is 38.0. The molecule has 5 aromatic rings. The largest absolute Gasteiger partial charge is 0.497 e. The van der Waals surface area contributed by atoms with E-state index in [-0.39, 0.29) is 5.91 Å². The second-order valence-electron chi connectivity index (χ2n) is 15.3. The maximum atomic E-state index is 14.6. The van der Waals surface area contributed by atoms with Crippen LogP contribution in [0, 0.1) is 5.92 Å². The third kappa shape index (κ3) is 7.02. The number of hydrogen-bond acceptors (Lipinski definition) is 7. The predicted octanol–water partition coefficient (Wildman–Crippen LogP) is 10.4. The van der Waals surface area contributed by atoms with E-state index in [0.29, 0.717) is 16.9 Å². The minimum absolute atomic E-state index is 0.00532. The van der Waals surface area contributed by atoms with Gasteiger partial charge in [-0.05, 0) is 81.6 Å². The van der Waals surface area contributed by atoms with Gasteiger partial charge in [0.05, 0.1) is 26.3 Å². The number of thiazole rings is 2. The van der Waals surface area contributed by atoms with Gasteiger partial charge in [-0.2, -0.15) is 0 Å². The smallest absolute Gasteiger partial charge is 0.253 e. The van der Waals surface area contributed by atoms with Crippen LogP contribution >= 0.6 is 22.7 Å². The third-order valence-electron chi connectivity index (χ3n) is 11.9. The van der Waals surface area contributed by atoms with Crippen molar-refractivity contribution < 1.29 is 18.8 Å². The number of hydrogen-bond donors (Lipinski definition) is 1. The van der Waals surface area contributed by atoms with E-state index < -0.39 is 11.1 Å². The van der Waals surface area contributed by atoms with Gasteiger partial charge in [-0.25, -0.2) is 9.97 Å². The van der Waals surface area contributed by atoms with Crippen LogP contribution in [0.4, 0.5) is 0 Å². The lowest BCUT2D eigenvalue weighted by molar-refractivity contribution is -1.02. The van der Waals surface area contributed by atoms with E-state index in [9.17, 15) is 4.79 Å². The number of amides is 1. The number of rotatable bonds is 14. The summed E-state index contributed by atoms with van der Waals surface area (Å²) in [6.07, 6.45) is 10.4. The average Bonchev–Trinajstić information content (AvgIpc) is 3.94. The highest BCUT2D eigenvalue weighted by molar-refractivity contribution is 7.13. The Bertz CT molecular complexity index is 1960. The van der Waals surface area contributed by atoms with Crippen molar-refractivity contribution in [1.82, 2.24) is 15.3 Å². The highest BCUT2D eigenvalue weighted by atomic mass is 32.1. The Labute approximate surface area is 328 Å². The first-order valence-corrected chi connectivity index (χ1v) is 21.1. The summed E-state index contributed by atoms with van der Waals surface area (Å²) in [5.41, 5.74) is 4.51. The van der Waals surface area contributed by atoms with Gasteiger partial charge in [-0.15, -0.1) is 22.7 Å². The van der Waals surface area contributed by atoms with Crippen LogP contribution < -0.4 is 14.8 Å². The van der Waals surface area contributed by atoms with E-state index in [1.54, 1.807) is 36.9 Å². The van der Waals surface area contributed by atoms with Crippen molar-refractivity contribution in [2.75, 3.05) is 27.3 Å². The molecule has 3 heterocycles. The molecule has 1 fully saturated rings. The van der Waals surface area contributed by atoms with Crippen molar-refractivity contribution in [1.29, 1.82) is 0 Å². The molecule has 0 bridgehead atoms. The molecule has 1 N–H and O–H groups in total. The normalized spacial score (nSPS) is 19.3. The first-order chi connectivity index (χ1) is 26.2. The molecule has 3 aromatic carbocycles. The van der Waals surface area contributed by atoms with Crippen LogP contribution in [0.2, 0.25) is 0 Å². The minimum atomic E-state index is -0.864. The Hall–Kier alpha value is -4.31. The Kier molecular flexibility index (Phi) is 11.4. The van der Waals surface area contributed by atoms with Crippen LogP contribution in [-0.2, 0) is 16.9 Å². The number of carbonyl (C=O) groups is 1. The van der Waals surface area contributed by atoms with Crippen molar-refractivity contribution in [3.63, 3.8) is 0 Å². The van der Waals surface area contributed by atoms with Crippen molar-refractivity contribution >= 4 is 28.6 Å². The molecule has 282 valence electrons. The highest BCUT2D eigenvalue weighted by Gasteiger charge is 2.69. The minimum Gasteiger partial charge on any atom is -0.497 e. The van der Waals surface area contributed by atoms with E-state index in [1.807, 2.05) is 24.3 Å². The third-order valence-corrected chi connectivity index (χ3v) is 13.7. The summed E-state index contributed by atoms with van der Waals surface area (Å²) in [4.78, 5) is 25.8. The number of ether oxygens (including phenoxy) is 2. The monoisotopic (exact) mass is 761 g/mol. The van der Waals surface area contributed by atoms with Crippen molar-refractivity contribution in [2.45, 2.75) is 83.3 Å². The topological polar surface area (TPSA) is 73.3 Å². The van der Waals surface area contributed by atoms with Crippen molar-refractivity contribution in [3.8, 4) is 32.6 Å². The SMILES string of the molecule is CCCCNC(=O)C1=CC(c2csc(-c3ccc(OC)cc3)n2)(c2csc(-c3ccc(OC)cc3)n2)[N+](Cc2ccccc2)(CC2CCCCC2)C1(C)C. The van der Waals surface area contributed by atoms with E-state index in [1.165, 1.54) is 37.7 Å². The van der Waals surface area contributed by atoms with Gasteiger partial charge < -0.3 is 14.8 Å². The number of unbranched alkanes of at least 4 members (excludes halogenated alkanes) is 1. The summed E-state index contributed by atoms with van der Waals surface area (Å²) in [5.74, 6) is 2.12. The fourth-order valence-electron chi connectivity index (χ4n) is 8.81. The van der Waals surface area contributed by atoms with Crippen LogP contribution in [0.3, 0.4) is 0 Å². The van der Waals surface area contributed by atoms with Gasteiger partial charge in [0.25, 0.3) is 5.91 Å². The summed E-state index contributed by atoms with van der Waals surface area (Å²) < 4.78 is 11.6. The number of methoxy groups -OCH3 is 2. The van der Waals surface area contributed by atoms with E-state index in [4.69, 9.17) is 19.4 Å². The molecule has 1 atom stereocenters. The second kappa shape index (κ2) is 16.2. The van der Waals surface area contributed by atoms with Gasteiger partial charge in [-0.1, -0.05) is 62.9 Å². The van der Waals surface area contributed by atoms with E-state index in [0.717, 1.165) is 75.5 Å². The zero-order chi connectivity index (χ0) is 37.8. The van der Waals surface area contributed by atoms with Crippen molar-refractivity contribution in [3.05, 3.63) is 118 Å². The van der Waals surface area contributed by atoms with Crippen LogP contribution in [0.5, 0.6) is 11.5 Å². The average molecular weight is 762 g/mol. The van der Waals surface area contributed by atoms with Crippen LogP contribution in [0.1, 0.15) is 82.7 Å². The molecule has 1 saturated carbocycles. The molecule has 0 spiro atoms. The molecule has 2 aliphatic rings. The number of carbonyl (C=O) groups excluding carboxylic acids is 1. The fourth-order valence-corrected chi connectivity index (χ4v) is 10.6. The zero-order valence-corrected chi connectivity index (χ0v) is 33.9. The van der Waals surface area contributed by atoms with E-state index in [2.05, 4.69) is 97.5 Å². The molecule has 9 heteroatoms. The lowest BCUT2D eigenvalue weighted by atomic mass is 9.80. The number of aromatic nitrogens is 2. The van der Waals surface area contributed by atoms with Crippen LogP contribution in [0.15, 0.2) is 101 Å². The second-order valence-corrected chi connectivity index (χ2v) is 17.0. The quantitative estimate of drug-likeness (QED) is 0.0901. The Morgan fingerprint density at radius 1 is 0.815 bits per heavy atom. The molecular formula is C45H53N4O3S2+. The molecule has 7 nitrogen and oxygen atoms in total. The molecular weight excluding hydrogens is 709 g/mol. The van der Waals surface area contributed by atoms with Gasteiger partial charge in [0.1, 0.15) is 45.0 Å². The molecule has 7 rings (SSSR count). The van der Waals surface area contributed by atoms with Gasteiger partial charge in [0.2, 0.25) is 5.54 Å². The van der Waals surface area contributed by atoms with Gasteiger partial charge in [0.15, 0.2) is 0 Å². The summed E-state index contributed by atoms with van der Waals surface area (Å²) >= 11 is 3.31. The van der Waals surface area contributed by atoms with Gasteiger partial charge in [-0.3, -0.25) is 9.28 Å². The molecule has 0 saturated heterocycles. The molecule has 1 aliphatic heterocycles. The number of quaternary nitrogens is 1. The zero-order valence-electron chi connectivity index (χ0n) is 32.3. The standard InChI is InChI=1S/C45H52N4O3S2/c1-6-7-26-46-41(50)38-27-45(39-30-53-42(47-39)34-18-22-36(51-4)23-19-34,40-31-54-43(48-40)35-20-24-37(52-5)25-21-35)49(44(38,2)3,28-32-14-10-8-11-15-32)29-33-16-12-9-13-17-33/h8,10-11,14-15,18-25,27,30-31,33H,6-7,9,12-13,16-17,26,28-29H2,1-5H3/p+1. The fraction of sp³-hybridized carbons (Fsp3) is 0.400. The number of nitrogens with one attached hydrogen (secondary N) is 1. The number of benzene rings is 3. The summed E-state index contributed by atoms with van der Waals surface area (Å²) in [6.45, 7) is 9.03. The summed E-state index contributed by atoms with van der Waals surface area (Å²) in [7, 11) is 3.38. The molecule has 1 aliphatic carbocycles. The van der Waals surface area contributed by atoms with Crippen LogP contribution in [-0.4, -0.2) is 53.2 Å². The molecule has 1 unspecified atom stereocenters. The highest BCUT2D eigenvalue weighted by Crippen LogP contribution is 2.59. The molecule has 0 radical (unpaired) electrons. The maximum Gasteiger partial charge on any atom is 0.253 e. The lowest BCUT2D eigenvalue weighted by Gasteiger charge is -2.56. The van der Waals surface area contributed by atoms with Gasteiger partial charge in [0, 0.05) is 46.0 Å². The first-order valence-electron chi connectivity index (χ1n) is 19.4. The van der Waals surface area contributed by atoms with E-state index >= 15 is 0 Å². The Morgan fingerprint density at radius 2 is 1.37 bits per heavy atom. The summed E-state index contributed by atoms with van der Waals surface area (Å²) in [5, 5.41) is 9.66. The molecule has 54 heavy (non-hydrogen) atoms. The Balaban J connectivity index is 1.50. The summed E-state index contributed by atoms with van der Waals surface area (Å²) in [6, 6.07) is 27.1. The maximum absolute atomic E-state index is 14.6. The predicted molar refractivity (Wildman–Crippen MR) is 221 cm³/mol. The van der Waals surface area contributed by atoms with Crippen molar-refractivity contribution in [2.24, 2.45) is 5.92 Å². The number of nitrogens with zero attached hydrogens (tertiary/aromatic N) is 3. The lowest BCUT2D eigenvalue weighted by Crippen LogP contribution is -2.69. The van der Waals surface area contributed by atoms with Gasteiger partial charge >= 0.3 is 0 Å². The van der Waals surface area contributed by atoms with Crippen LogP contribution in [0.25, 0.3) is 21.1 Å². The molecule has 1 amide bonds.